The van der Waals surface area contributed by atoms with Crippen LogP contribution in [-0.2, 0) is 11.3 Å². The first-order valence-electron chi connectivity index (χ1n) is 7.19. The number of unbranched alkanes of at least 4 members (excludes halogenated alkanes) is 1. The van der Waals surface area contributed by atoms with Crippen molar-refractivity contribution in [3.8, 4) is 0 Å². The fourth-order valence-corrected chi connectivity index (χ4v) is 2.72. The summed E-state index contributed by atoms with van der Waals surface area (Å²) < 4.78 is 2.08. The molecule has 0 aliphatic heterocycles. The van der Waals surface area contributed by atoms with Crippen LogP contribution in [0.4, 0.5) is 0 Å². The predicted molar refractivity (Wildman–Crippen MR) is 80.8 cm³/mol. The van der Waals surface area contributed by atoms with Gasteiger partial charge < -0.3 is 9.88 Å². The van der Waals surface area contributed by atoms with Gasteiger partial charge in [0.25, 0.3) is 0 Å². The van der Waals surface area contributed by atoms with Crippen molar-refractivity contribution in [1.29, 1.82) is 0 Å². The molecule has 0 spiro atoms. The number of nitrogens with one attached hydrogen (secondary N) is 1. The van der Waals surface area contributed by atoms with Crippen LogP contribution in [0, 0.1) is 0 Å². The lowest BCUT2D eigenvalue weighted by Crippen LogP contribution is -2.26. The highest BCUT2D eigenvalue weighted by atomic mass is 32.2. The Morgan fingerprint density at radius 2 is 2.35 bits per heavy atom. The Balaban J connectivity index is 1.88. The van der Waals surface area contributed by atoms with Crippen LogP contribution in [-0.4, -0.2) is 33.0 Å². The number of amides is 1. The van der Waals surface area contributed by atoms with E-state index in [0.717, 1.165) is 30.4 Å². The first kappa shape index (κ1) is 15.1. The van der Waals surface area contributed by atoms with Crippen molar-refractivity contribution in [3.63, 3.8) is 0 Å². The third-order valence-corrected chi connectivity index (χ3v) is 4.15. The molecule has 1 aliphatic rings. The summed E-state index contributed by atoms with van der Waals surface area (Å²) in [6, 6.07) is 0. The van der Waals surface area contributed by atoms with Crippen LogP contribution in [0.1, 0.15) is 44.3 Å². The number of carbonyl (C=O) groups is 1. The maximum Gasteiger partial charge on any atom is 0.230 e. The van der Waals surface area contributed by atoms with E-state index in [0.29, 0.717) is 18.2 Å². The molecule has 1 fully saturated rings. The number of hydrogen-bond acceptors (Lipinski definition) is 4. The maximum absolute atomic E-state index is 11.7. The average molecular weight is 294 g/mol. The van der Waals surface area contributed by atoms with Crippen LogP contribution in [0.2, 0.25) is 0 Å². The standard InChI is InChI=1S/C14H22N4OS/c1-3-5-8-15-12(19)10-20-14-17-16-13(11-6-7-11)18(14)9-4-2/h4,11H,2-3,5-10H2,1H3,(H,15,19). The Labute approximate surface area is 124 Å². The van der Waals surface area contributed by atoms with Crippen LogP contribution in [0.25, 0.3) is 0 Å². The van der Waals surface area contributed by atoms with Gasteiger partial charge in [0.1, 0.15) is 5.82 Å². The Bertz CT molecular complexity index is 468. The van der Waals surface area contributed by atoms with Crippen molar-refractivity contribution in [2.24, 2.45) is 0 Å². The van der Waals surface area contributed by atoms with Crippen molar-refractivity contribution in [1.82, 2.24) is 20.1 Å². The number of aromatic nitrogens is 3. The van der Waals surface area contributed by atoms with E-state index in [2.05, 4.69) is 33.6 Å². The molecule has 1 amide bonds. The highest BCUT2D eigenvalue weighted by Gasteiger charge is 2.30. The van der Waals surface area contributed by atoms with Gasteiger partial charge in [0.15, 0.2) is 5.16 Å². The molecule has 1 saturated carbocycles. The Morgan fingerprint density at radius 1 is 1.55 bits per heavy atom. The first-order valence-corrected chi connectivity index (χ1v) is 8.18. The van der Waals surface area contributed by atoms with Crippen LogP contribution < -0.4 is 5.32 Å². The van der Waals surface area contributed by atoms with Gasteiger partial charge in [0.05, 0.1) is 5.75 Å². The Kier molecular flexibility index (Phi) is 5.64. The summed E-state index contributed by atoms with van der Waals surface area (Å²) >= 11 is 1.45. The molecule has 1 N–H and O–H groups in total. The molecule has 20 heavy (non-hydrogen) atoms. The van der Waals surface area contributed by atoms with Crippen molar-refractivity contribution in [3.05, 3.63) is 18.5 Å². The zero-order valence-electron chi connectivity index (χ0n) is 12.0. The molecule has 0 saturated heterocycles. The number of thioether (sulfide) groups is 1. The fourth-order valence-electron chi connectivity index (χ4n) is 1.94. The van der Waals surface area contributed by atoms with Gasteiger partial charge in [-0.2, -0.15) is 0 Å². The van der Waals surface area contributed by atoms with E-state index in [1.807, 2.05) is 6.08 Å². The van der Waals surface area contributed by atoms with Gasteiger partial charge in [-0.05, 0) is 19.3 Å². The Morgan fingerprint density at radius 3 is 3.00 bits per heavy atom. The molecule has 5 nitrogen and oxygen atoms in total. The highest BCUT2D eigenvalue weighted by molar-refractivity contribution is 7.99. The van der Waals surface area contributed by atoms with E-state index in [9.17, 15) is 4.79 Å². The molecular weight excluding hydrogens is 272 g/mol. The second-order valence-corrected chi connectivity index (χ2v) is 5.95. The molecule has 1 aromatic rings. The summed E-state index contributed by atoms with van der Waals surface area (Å²) in [6.45, 7) is 7.35. The second kappa shape index (κ2) is 7.47. The van der Waals surface area contributed by atoms with Gasteiger partial charge in [-0.1, -0.05) is 31.2 Å². The molecule has 1 aliphatic carbocycles. The quantitative estimate of drug-likeness (QED) is 0.431. The molecule has 0 unspecified atom stereocenters. The number of rotatable bonds is 9. The molecule has 110 valence electrons. The molecule has 0 bridgehead atoms. The van der Waals surface area contributed by atoms with Crippen molar-refractivity contribution in [2.45, 2.75) is 50.2 Å². The predicted octanol–water partition coefficient (Wildman–Crippen LogP) is 2.35. The van der Waals surface area contributed by atoms with Gasteiger partial charge in [0.2, 0.25) is 5.91 Å². The van der Waals surface area contributed by atoms with E-state index in [1.54, 1.807) is 0 Å². The van der Waals surface area contributed by atoms with Crippen LogP contribution >= 0.6 is 11.8 Å². The summed E-state index contributed by atoms with van der Waals surface area (Å²) in [5, 5.41) is 12.2. The number of nitrogens with zero attached hydrogens (tertiary/aromatic N) is 3. The van der Waals surface area contributed by atoms with E-state index in [4.69, 9.17) is 0 Å². The third kappa shape index (κ3) is 4.10. The molecule has 1 aromatic heterocycles. The summed E-state index contributed by atoms with van der Waals surface area (Å²) in [5.41, 5.74) is 0. The summed E-state index contributed by atoms with van der Waals surface area (Å²) in [6.07, 6.45) is 6.34. The molecule has 0 aromatic carbocycles. The minimum atomic E-state index is 0.0598. The SMILES string of the molecule is C=CCn1c(SCC(=O)NCCCC)nnc1C1CC1. The topological polar surface area (TPSA) is 59.8 Å². The van der Waals surface area contributed by atoms with Gasteiger partial charge >= 0.3 is 0 Å². The van der Waals surface area contributed by atoms with Gasteiger partial charge in [-0.3, -0.25) is 4.79 Å². The lowest BCUT2D eigenvalue weighted by Gasteiger charge is -2.07. The summed E-state index contributed by atoms with van der Waals surface area (Å²) in [7, 11) is 0. The first-order chi connectivity index (χ1) is 9.76. The lowest BCUT2D eigenvalue weighted by molar-refractivity contribution is -0.118. The van der Waals surface area contributed by atoms with Crippen molar-refractivity contribution < 1.29 is 4.79 Å². The average Bonchev–Trinajstić information content (AvgIpc) is 3.20. The van der Waals surface area contributed by atoms with E-state index >= 15 is 0 Å². The van der Waals surface area contributed by atoms with Crippen molar-refractivity contribution in [2.75, 3.05) is 12.3 Å². The molecule has 6 heteroatoms. The van der Waals surface area contributed by atoms with Gasteiger partial charge in [-0.25, -0.2) is 0 Å². The van der Waals surface area contributed by atoms with Crippen molar-refractivity contribution >= 4 is 17.7 Å². The molecule has 2 rings (SSSR count). The van der Waals surface area contributed by atoms with Crippen LogP contribution in [0.3, 0.4) is 0 Å². The van der Waals surface area contributed by atoms with Gasteiger partial charge in [0, 0.05) is 19.0 Å². The number of hydrogen-bond donors (Lipinski definition) is 1. The highest BCUT2D eigenvalue weighted by Crippen LogP contribution is 2.39. The molecular formula is C14H22N4OS. The van der Waals surface area contributed by atoms with E-state index < -0.39 is 0 Å². The van der Waals surface area contributed by atoms with Crippen LogP contribution in [0.15, 0.2) is 17.8 Å². The van der Waals surface area contributed by atoms with E-state index in [1.165, 1.54) is 24.6 Å². The summed E-state index contributed by atoms with van der Waals surface area (Å²) in [5.74, 6) is 2.04. The fraction of sp³-hybridized carbons (Fsp3) is 0.643. The molecule has 0 atom stereocenters. The monoisotopic (exact) mass is 294 g/mol. The van der Waals surface area contributed by atoms with E-state index in [-0.39, 0.29) is 5.91 Å². The minimum absolute atomic E-state index is 0.0598. The molecule has 0 radical (unpaired) electrons. The lowest BCUT2D eigenvalue weighted by atomic mass is 10.3. The largest absolute Gasteiger partial charge is 0.355 e. The normalized spacial score (nSPS) is 14.2. The Hall–Kier alpha value is -1.30. The minimum Gasteiger partial charge on any atom is -0.355 e. The zero-order chi connectivity index (χ0) is 14.4. The van der Waals surface area contributed by atoms with Gasteiger partial charge in [-0.15, -0.1) is 16.8 Å². The smallest absolute Gasteiger partial charge is 0.230 e. The maximum atomic E-state index is 11.7. The number of allylic oxidation sites excluding steroid dienone is 1. The number of carbonyl (C=O) groups excluding carboxylic acids is 1. The zero-order valence-corrected chi connectivity index (χ0v) is 12.8. The molecule has 1 heterocycles. The second-order valence-electron chi connectivity index (χ2n) is 5.01. The third-order valence-electron chi connectivity index (χ3n) is 3.18. The van der Waals surface area contributed by atoms with Crippen LogP contribution in [0.5, 0.6) is 0 Å². The summed E-state index contributed by atoms with van der Waals surface area (Å²) in [4.78, 5) is 11.7.